The summed E-state index contributed by atoms with van der Waals surface area (Å²) < 4.78 is 5.77. The van der Waals surface area contributed by atoms with Gasteiger partial charge in [0.15, 0.2) is 0 Å². The van der Waals surface area contributed by atoms with Crippen LogP contribution in [0.2, 0.25) is 5.02 Å². The maximum atomic E-state index is 9.88. The van der Waals surface area contributed by atoms with Crippen molar-refractivity contribution in [3.05, 3.63) is 28.3 Å². The van der Waals surface area contributed by atoms with Crippen LogP contribution in [0.15, 0.2) is 12.1 Å². The van der Waals surface area contributed by atoms with Crippen molar-refractivity contribution in [3.63, 3.8) is 0 Å². The summed E-state index contributed by atoms with van der Waals surface area (Å²) in [4.78, 5) is 0. The Morgan fingerprint density at radius 1 is 1.38 bits per heavy atom. The van der Waals surface area contributed by atoms with Gasteiger partial charge in [0.2, 0.25) is 0 Å². The molecule has 1 aromatic rings. The zero-order valence-electron chi connectivity index (χ0n) is 9.88. The minimum Gasteiger partial charge on any atom is -0.487 e. The molecule has 3 heteroatoms. The monoisotopic (exact) mass is 240 g/mol. The Bertz CT molecular complexity index is 389. The summed E-state index contributed by atoms with van der Waals surface area (Å²) in [5.74, 6) is 0.796. The fourth-order valence-electron chi connectivity index (χ4n) is 2.00. The number of aliphatic hydroxyl groups is 1. The molecular weight excluding hydrogens is 224 g/mol. The van der Waals surface area contributed by atoms with Crippen LogP contribution in [-0.2, 0) is 0 Å². The second-order valence-corrected chi connectivity index (χ2v) is 5.25. The number of halogens is 1. The van der Waals surface area contributed by atoms with Crippen LogP contribution in [0.1, 0.15) is 30.9 Å². The third-order valence-corrected chi connectivity index (χ3v) is 3.89. The molecule has 1 aliphatic rings. The van der Waals surface area contributed by atoms with E-state index in [1.807, 2.05) is 32.9 Å². The Morgan fingerprint density at radius 3 is 2.31 bits per heavy atom. The van der Waals surface area contributed by atoms with Crippen LogP contribution < -0.4 is 4.74 Å². The first-order valence-electron chi connectivity index (χ1n) is 5.56. The fourth-order valence-corrected chi connectivity index (χ4v) is 2.11. The molecule has 0 radical (unpaired) electrons. The smallest absolute Gasteiger partial charge is 0.127 e. The normalized spacial score (nSPS) is 28.7. The number of rotatable bonds is 2. The number of ether oxygens (including phenoxy) is 1. The van der Waals surface area contributed by atoms with Crippen LogP contribution in [0.25, 0.3) is 0 Å². The van der Waals surface area contributed by atoms with Gasteiger partial charge in [-0.1, -0.05) is 11.6 Å². The Balaban J connectivity index is 2.17. The molecule has 88 valence electrons. The largest absolute Gasteiger partial charge is 0.487 e. The highest BCUT2D eigenvalue weighted by molar-refractivity contribution is 6.32. The van der Waals surface area contributed by atoms with E-state index in [0.29, 0.717) is 0 Å². The molecule has 2 atom stereocenters. The zero-order valence-corrected chi connectivity index (χ0v) is 10.6. The standard InChI is InChI=1S/C13H17ClO2/c1-8-6-10(7-9(2)12(8)14)16-11-4-5-13(11,3)15/h6-7,11,15H,4-5H2,1-3H3/t11-,13-/m0/s1. The van der Waals surface area contributed by atoms with E-state index in [0.717, 1.165) is 34.7 Å². The molecule has 1 aromatic carbocycles. The SMILES string of the molecule is Cc1cc(O[C@H]2CC[C@]2(C)O)cc(C)c1Cl. The number of aryl methyl sites for hydroxylation is 2. The number of hydrogen-bond acceptors (Lipinski definition) is 2. The highest BCUT2D eigenvalue weighted by Crippen LogP contribution is 2.36. The van der Waals surface area contributed by atoms with Crippen LogP contribution in [0.5, 0.6) is 5.75 Å². The summed E-state index contributed by atoms with van der Waals surface area (Å²) in [6.45, 7) is 5.74. The third kappa shape index (κ3) is 2.04. The minimum atomic E-state index is -0.679. The highest BCUT2D eigenvalue weighted by atomic mass is 35.5. The molecule has 16 heavy (non-hydrogen) atoms. The van der Waals surface area contributed by atoms with Crippen LogP contribution >= 0.6 is 11.6 Å². The van der Waals surface area contributed by atoms with Gasteiger partial charge in [-0.3, -0.25) is 0 Å². The van der Waals surface area contributed by atoms with Gasteiger partial charge in [0.1, 0.15) is 11.9 Å². The number of benzene rings is 1. The first-order chi connectivity index (χ1) is 7.40. The molecule has 1 N–H and O–H groups in total. The molecule has 0 amide bonds. The lowest BCUT2D eigenvalue weighted by Gasteiger charge is -2.42. The van der Waals surface area contributed by atoms with Gasteiger partial charge in [-0.2, -0.15) is 0 Å². The second kappa shape index (κ2) is 3.94. The van der Waals surface area contributed by atoms with Gasteiger partial charge in [0, 0.05) is 5.02 Å². The highest BCUT2D eigenvalue weighted by Gasteiger charge is 2.42. The molecule has 2 nitrogen and oxygen atoms in total. The zero-order chi connectivity index (χ0) is 11.9. The van der Waals surface area contributed by atoms with Crippen molar-refractivity contribution in [1.29, 1.82) is 0 Å². The Hall–Kier alpha value is -0.730. The van der Waals surface area contributed by atoms with E-state index in [2.05, 4.69) is 0 Å². The van der Waals surface area contributed by atoms with Gasteiger partial charge in [0.05, 0.1) is 5.60 Å². The van der Waals surface area contributed by atoms with Crippen molar-refractivity contribution in [2.75, 3.05) is 0 Å². The molecular formula is C13H17ClO2. The van der Waals surface area contributed by atoms with Crippen LogP contribution in [0.3, 0.4) is 0 Å². The molecule has 0 unspecified atom stereocenters. The van der Waals surface area contributed by atoms with Gasteiger partial charge in [0.25, 0.3) is 0 Å². The molecule has 0 aliphatic heterocycles. The van der Waals surface area contributed by atoms with E-state index in [-0.39, 0.29) is 6.10 Å². The van der Waals surface area contributed by atoms with Gasteiger partial charge in [-0.25, -0.2) is 0 Å². The van der Waals surface area contributed by atoms with Crippen molar-refractivity contribution in [1.82, 2.24) is 0 Å². The lowest BCUT2D eigenvalue weighted by molar-refractivity contribution is -0.118. The topological polar surface area (TPSA) is 29.5 Å². The van der Waals surface area contributed by atoms with E-state index in [4.69, 9.17) is 16.3 Å². The molecule has 0 heterocycles. The molecule has 2 rings (SSSR count). The van der Waals surface area contributed by atoms with Crippen molar-refractivity contribution >= 4 is 11.6 Å². The summed E-state index contributed by atoms with van der Waals surface area (Å²) in [5.41, 5.74) is 1.34. The average Bonchev–Trinajstić information content (AvgIpc) is 2.21. The van der Waals surface area contributed by atoms with E-state index in [1.54, 1.807) is 0 Å². The predicted molar refractivity (Wildman–Crippen MR) is 65.2 cm³/mol. The summed E-state index contributed by atoms with van der Waals surface area (Å²) in [5, 5.41) is 10.7. The molecule has 0 saturated heterocycles. The first kappa shape index (κ1) is 11.7. The Labute approximate surface area is 101 Å². The first-order valence-corrected chi connectivity index (χ1v) is 5.94. The molecule has 1 aliphatic carbocycles. The summed E-state index contributed by atoms with van der Waals surface area (Å²) in [6, 6.07) is 3.84. The van der Waals surface area contributed by atoms with E-state index in [1.165, 1.54) is 0 Å². The van der Waals surface area contributed by atoms with E-state index >= 15 is 0 Å². The summed E-state index contributed by atoms with van der Waals surface area (Å²) in [7, 11) is 0. The second-order valence-electron chi connectivity index (χ2n) is 4.87. The fraction of sp³-hybridized carbons (Fsp3) is 0.538. The molecule has 1 saturated carbocycles. The number of hydrogen-bond donors (Lipinski definition) is 1. The lowest BCUT2D eigenvalue weighted by atomic mass is 9.78. The van der Waals surface area contributed by atoms with Crippen molar-refractivity contribution in [3.8, 4) is 5.75 Å². The molecule has 0 bridgehead atoms. The third-order valence-electron chi connectivity index (χ3n) is 3.29. The van der Waals surface area contributed by atoms with Crippen molar-refractivity contribution < 1.29 is 9.84 Å². The Kier molecular flexibility index (Phi) is 2.89. The van der Waals surface area contributed by atoms with Gasteiger partial charge in [-0.05, 0) is 56.9 Å². The molecule has 0 aromatic heterocycles. The summed E-state index contributed by atoms with van der Waals surface area (Å²) in [6.07, 6.45) is 1.63. The Morgan fingerprint density at radius 2 is 1.94 bits per heavy atom. The van der Waals surface area contributed by atoms with E-state index in [9.17, 15) is 5.11 Å². The van der Waals surface area contributed by atoms with Crippen molar-refractivity contribution in [2.45, 2.75) is 45.3 Å². The summed E-state index contributed by atoms with van der Waals surface area (Å²) >= 11 is 6.09. The van der Waals surface area contributed by atoms with Crippen LogP contribution in [0.4, 0.5) is 0 Å². The van der Waals surface area contributed by atoms with Crippen molar-refractivity contribution in [2.24, 2.45) is 0 Å². The lowest BCUT2D eigenvalue weighted by Crippen LogP contribution is -2.52. The predicted octanol–water partition coefficient (Wildman–Crippen LogP) is 3.25. The average molecular weight is 241 g/mol. The van der Waals surface area contributed by atoms with Gasteiger partial charge < -0.3 is 9.84 Å². The van der Waals surface area contributed by atoms with Gasteiger partial charge in [-0.15, -0.1) is 0 Å². The van der Waals surface area contributed by atoms with Crippen LogP contribution in [-0.4, -0.2) is 16.8 Å². The quantitative estimate of drug-likeness (QED) is 0.860. The minimum absolute atomic E-state index is 0.0903. The maximum absolute atomic E-state index is 9.88. The maximum Gasteiger partial charge on any atom is 0.127 e. The van der Waals surface area contributed by atoms with E-state index < -0.39 is 5.60 Å². The molecule has 0 spiro atoms. The van der Waals surface area contributed by atoms with Gasteiger partial charge >= 0.3 is 0 Å². The van der Waals surface area contributed by atoms with Crippen LogP contribution in [0, 0.1) is 13.8 Å². The molecule has 1 fully saturated rings.